The second kappa shape index (κ2) is 9.26. The fraction of sp³-hybridized carbons (Fsp3) is 0.222. The van der Waals surface area contributed by atoms with Crippen LogP contribution < -0.4 is 14.4 Å². The summed E-state index contributed by atoms with van der Waals surface area (Å²) in [6.07, 6.45) is 0.816. The average molecular weight is 488 g/mol. The van der Waals surface area contributed by atoms with Crippen LogP contribution in [0.25, 0.3) is 11.0 Å². The molecule has 1 N–H and O–H groups in total. The topological polar surface area (TPSA) is 115 Å². The van der Waals surface area contributed by atoms with E-state index >= 15 is 0 Å². The molecule has 2 aromatic heterocycles. The van der Waals surface area contributed by atoms with Gasteiger partial charge >= 0.3 is 0 Å². The Bertz CT molecular complexity index is 1500. The Kier molecular flexibility index (Phi) is 5.97. The molecule has 2 aromatic carbocycles. The van der Waals surface area contributed by atoms with Crippen molar-refractivity contribution in [3.8, 4) is 11.5 Å². The van der Waals surface area contributed by atoms with E-state index in [0.29, 0.717) is 40.4 Å². The van der Waals surface area contributed by atoms with Crippen LogP contribution in [-0.2, 0) is 4.79 Å². The molecule has 0 fully saturated rings. The van der Waals surface area contributed by atoms with E-state index in [1.165, 1.54) is 12.0 Å². The first-order valence-electron chi connectivity index (χ1n) is 11.5. The number of benzene rings is 2. The highest BCUT2D eigenvalue weighted by Crippen LogP contribution is 2.43. The Morgan fingerprint density at radius 3 is 2.69 bits per heavy atom. The third kappa shape index (κ3) is 3.88. The first kappa shape index (κ1) is 23.2. The summed E-state index contributed by atoms with van der Waals surface area (Å²) < 4.78 is 22.1. The van der Waals surface area contributed by atoms with E-state index in [1.807, 2.05) is 6.92 Å². The summed E-state index contributed by atoms with van der Waals surface area (Å²) in [6.45, 7) is 4.19. The van der Waals surface area contributed by atoms with Crippen molar-refractivity contribution < 1.29 is 33.1 Å². The molecular formula is C27H24N2O7. The minimum absolute atomic E-state index is 0.0366. The Balaban J connectivity index is 1.64. The van der Waals surface area contributed by atoms with E-state index < -0.39 is 23.5 Å². The van der Waals surface area contributed by atoms with Crippen molar-refractivity contribution in [3.63, 3.8) is 0 Å². The number of aryl methyl sites for hydroxylation is 1. The second-order valence-electron chi connectivity index (χ2n) is 8.38. The van der Waals surface area contributed by atoms with E-state index in [9.17, 15) is 14.7 Å². The fourth-order valence-electron chi connectivity index (χ4n) is 4.29. The summed E-state index contributed by atoms with van der Waals surface area (Å²) in [7, 11) is 1.50. The third-order valence-corrected chi connectivity index (χ3v) is 5.91. The molecule has 36 heavy (non-hydrogen) atoms. The number of fused-ring (bicyclic) bond motifs is 1. The fourth-order valence-corrected chi connectivity index (χ4v) is 4.29. The number of aromatic nitrogens is 1. The number of rotatable bonds is 8. The quantitative estimate of drug-likeness (QED) is 0.332. The highest BCUT2D eigenvalue weighted by atomic mass is 16.5. The lowest BCUT2D eigenvalue weighted by molar-refractivity contribution is -0.117. The number of anilines is 1. The maximum absolute atomic E-state index is 13.8. The molecule has 1 unspecified atom stereocenters. The van der Waals surface area contributed by atoms with E-state index in [1.54, 1.807) is 61.5 Å². The van der Waals surface area contributed by atoms with Crippen molar-refractivity contribution in [2.45, 2.75) is 26.3 Å². The number of hydrogen-bond acceptors (Lipinski definition) is 8. The van der Waals surface area contributed by atoms with Crippen molar-refractivity contribution in [3.05, 3.63) is 83.0 Å². The molecule has 5 rings (SSSR count). The van der Waals surface area contributed by atoms with Crippen LogP contribution in [0.1, 0.15) is 41.3 Å². The minimum atomic E-state index is -0.991. The second-order valence-corrected chi connectivity index (χ2v) is 8.38. The van der Waals surface area contributed by atoms with Gasteiger partial charge in [-0.2, -0.15) is 0 Å². The van der Waals surface area contributed by atoms with Crippen LogP contribution >= 0.6 is 0 Å². The van der Waals surface area contributed by atoms with Gasteiger partial charge in [0.15, 0.2) is 28.7 Å². The normalized spacial score (nSPS) is 15.7. The minimum Gasteiger partial charge on any atom is -0.503 e. The summed E-state index contributed by atoms with van der Waals surface area (Å²) in [4.78, 5) is 28.3. The molecule has 184 valence electrons. The lowest BCUT2D eigenvalue weighted by atomic mass is 9.95. The smallest absolute Gasteiger partial charge is 0.295 e. The molecule has 1 atom stereocenters. The maximum atomic E-state index is 13.8. The van der Waals surface area contributed by atoms with Gasteiger partial charge < -0.3 is 23.5 Å². The van der Waals surface area contributed by atoms with Gasteiger partial charge in [-0.15, -0.1) is 0 Å². The van der Waals surface area contributed by atoms with Gasteiger partial charge in [0.1, 0.15) is 11.5 Å². The zero-order chi connectivity index (χ0) is 25.4. The SMILES string of the molecule is CCCOc1cccc(C2C(C(=O)c3cc4cccc(OC)c4o3)=C(O)C(=O)N2c2cc(C)on2)c1. The van der Waals surface area contributed by atoms with Crippen LogP contribution in [0.4, 0.5) is 5.82 Å². The summed E-state index contributed by atoms with van der Waals surface area (Å²) in [5.74, 6) is -0.447. The number of aliphatic hydroxyl groups excluding tert-OH is 1. The zero-order valence-electron chi connectivity index (χ0n) is 20.0. The van der Waals surface area contributed by atoms with Gasteiger partial charge in [-0.1, -0.05) is 36.3 Å². The summed E-state index contributed by atoms with van der Waals surface area (Å²) in [6, 6.07) is 14.5. The predicted octanol–water partition coefficient (Wildman–Crippen LogP) is 5.31. The van der Waals surface area contributed by atoms with Crippen molar-refractivity contribution in [1.29, 1.82) is 0 Å². The number of amides is 1. The molecule has 9 heteroatoms. The Labute approximate surface area is 206 Å². The molecule has 0 bridgehead atoms. The van der Waals surface area contributed by atoms with E-state index in [0.717, 1.165) is 6.42 Å². The van der Waals surface area contributed by atoms with Crippen molar-refractivity contribution in [1.82, 2.24) is 5.16 Å². The monoisotopic (exact) mass is 488 g/mol. The highest BCUT2D eigenvalue weighted by Gasteiger charge is 2.46. The standard InChI is InChI=1S/C27H24N2O7/c1-4-11-34-18-9-5-7-16(13-18)23-22(25(31)27(32)29(23)21-12-15(2)36-28-21)24(30)20-14-17-8-6-10-19(33-3)26(17)35-20/h5-10,12-14,23,31H,4,11H2,1-3H3. The number of para-hydroxylation sites is 1. The van der Waals surface area contributed by atoms with Gasteiger partial charge in [-0.3, -0.25) is 14.5 Å². The molecule has 0 aliphatic carbocycles. The van der Waals surface area contributed by atoms with Crippen LogP contribution in [0.2, 0.25) is 0 Å². The first-order chi connectivity index (χ1) is 17.4. The van der Waals surface area contributed by atoms with Gasteiger partial charge in [0.2, 0.25) is 5.78 Å². The molecule has 1 amide bonds. The van der Waals surface area contributed by atoms with Crippen molar-refractivity contribution in [2.75, 3.05) is 18.6 Å². The molecule has 3 heterocycles. The number of methoxy groups -OCH3 is 1. The van der Waals surface area contributed by atoms with Gasteiger partial charge in [0.25, 0.3) is 5.91 Å². The zero-order valence-corrected chi connectivity index (χ0v) is 20.0. The Hall–Kier alpha value is -4.53. The van der Waals surface area contributed by atoms with E-state index in [-0.39, 0.29) is 17.2 Å². The largest absolute Gasteiger partial charge is 0.503 e. The van der Waals surface area contributed by atoms with Gasteiger partial charge in [0.05, 0.1) is 25.3 Å². The molecule has 0 spiro atoms. The van der Waals surface area contributed by atoms with Crippen LogP contribution in [0.3, 0.4) is 0 Å². The molecule has 4 aromatic rings. The Morgan fingerprint density at radius 2 is 1.97 bits per heavy atom. The van der Waals surface area contributed by atoms with Crippen LogP contribution in [0, 0.1) is 6.92 Å². The molecule has 1 aliphatic heterocycles. The van der Waals surface area contributed by atoms with Crippen molar-refractivity contribution in [2.24, 2.45) is 0 Å². The predicted molar refractivity (Wildman–Crippen MR) is 130 cm³/mol. The molecule has 0 saturated heterocycles. The summed E-state index contributed by atoms with van der Waals surface area (Å²) in [5.41, 5.74) is 0.813. The van der Waals surface area contributed by atoms with Gasteiger partial charge in [-0.25, -0.2) is 0 Å². The average Bonchev–Trinajstić information content (AvgIpc) is 3.58. The number of aliphatic hydroxyl groups is 1. The van der Waals surface area contributed by atoms with E-state index in [4.69, 9.17) is 18.4 Å². The number of hydrogen-bond donors (Lipinski definition) is 1. The van der Waals surface area contributed by atoms with Crippen molar-refractivity contribution >= 4 is 28.5 Å². The Morgan fingerprint density at radius 1 is 1.17 bits per heavy atom. The van der Waals surface area contributed by atoms with Gasteiger partial charge in [0, 0.05) is 11.5 Å². The molecule has 0 radical (unpaired) electrons. The number of Topliss-reactive ketones (excluding diaryl/α,β-unsaturated/α-hetero) is 1. The number of nitrogens with zero attached hydrogens (tertiary/aromatic N) is 2. The van der Waals surface area contributed by atoms with Crippen LogP contribution in [-0.4, -0.2) is 35.7 Å². The van der Waals surface area contributed by atoms with Crippen LogP contribution in [0.15, 0.2) is 74.9 Å². The number of ether oxygens (including phenoxy) is 2. The number of furan rings is 1. The lowest BCUT2D eigenvalue weighted by Gasteiger charge is -2.24. The first-order valence-corrected chi connectivity index (χ1v) is 11.5. The molecule has 0 saturated carbocycles. The summed E-state index contributed by atoms with van der Waals surface area (Å²) in [5, 5.41) is 15.6. The molecular weight excluding hydrogens is 464 g/mol. The van der Waals surface area contributed by atoms with E-state index in [2.05, 4.69) is 5.16 Å². The van der Waals surface area contributed by atoms with Crippen LogP contribution in [0.5, 0.6) is 11.5 Å². The number of carbonyl (C=O) groups excluding carboxylic acids is 2. The summed E-state index contributed by atoms with van der Waals surface area (Å²) >= 11 is 0. The molecule has 1 aliphatic rings. The van der Waals surface area contributed by atoms with Gasteiger partial charge in [-0.05, 0) is 43.2 Å². The lowest BCUT2D eigenvalue weighted by Crippen LogP contribution is -2.31. The number of carbonyl (C=O) groups is 2. The third-order valence-electron chi connectivity index (χ3n) is 5.91. The number of ketones is 1. The highest BCUT2D eigenvalue weighted by molar-refractivity contribution is 6.20. The molecule has 9 nitrogen and oxygen atoms in total. The maximum Gasteiger partial charge on any atom is 0.295 e.